The Labute approximate surface area is 126 Å². The summed E-state index contributed by atoms with van der Waals surface area (Å²) >= 11 is 0. The van der Waals surface area contributed by atoms with E-state index in [4.69, 9.17) is 5.11 Å². The van der Waals surface area contributed by atoms with Crippen LogP contribution in [0.5, 0.6) is 0 Å². The summed E-state index contributed by atoms with van der Waals surface area (Å²) < 4.78 is 77.2. The van der Waals surface area contributed by atoms with E-state index < -0.39 is 29.6 Å². The Bertz CT molecular complexity index is 586. The van der Waals surface area contributed by atoms with Gasteiger partial charge < -0.3 is 10.2 Å². The number of anilines is 1. The highest BCUT2D eigenvalue weighted by molar-refractivity contribution is 5.87. The van der Waals surface area contributed by atoms with Gasteiger partial charge in [-0.25, -0.2) is 4.79 Å². The molecule has 0 unspecified atom stereocenters. The summed E-state index contributed by atoms with van der Waals surface area (Å²) in [6.07, 6.45) is -13.4. The molecular formula is C13H13F6NO3. The molecule has 0 aliphatic carbocycles. The molecule has 1 aromatic rings. The largest absolute Gasteiger partial charge is 0.465 e. The molecule has 0 aliphatic heterocycles. The van der Waals surface area contributed by atoms with Crippen molar-refractivity contribution in [3.05, 3.63) is 28.8 Å². The lowest BCUT2D eigenvalue weighted by Gasteiger charge is -2.33. The van der Waals surface area contributed by atoms with Gasteiger partial charge in [0.1, 0.15) is 0 Å². The molecule has 0 aliphatic rings. The van der Waals surface area contributed by atoms with Gasteiger partial charge in [0.05, 0.1) is 5.69 Å². The number of nitrogens with zero attached hydrogens (tertiary/aromatic N) is 1. The standard InChI is InChI=1S/C13H13F6NO3/c1-6-4-8(5-7(2)9(6)20(3)10(21)22)11(23,12(14,15)16)13(17,18)19/h4-5,23H,1-3H3,(H,21,22). The van der Waals surface area contributed by atoms with Gasteiger partial charge in [0.2, 0.25) is 0 Å². The van der Waals surface area contributed by atoms with E-state index in [0.29, 0.717) is 17.0 Å². The molecule has 1 amide bonds. The monoisotopic (exact) mass is 345 g/mol. The average molecular weight is 345 g/mol. The van der Waals surface area contributed by atoms with Gasteiger partial charge in [0.15, 0.2) is 0 Å². The molecule has 4 nitrogen and oxygen atoms in total. The second-order valence-corrected chi connectivity index (χ2v) is 5.01. The second kappa shape index (κ2) is 5.59. The van der Waals surface area contributed by atoms with Crippen LogP contribution in [0.3, 0.4) is 0 Å². The third kappa shape index (κ3) is 3.07. The number of benzene rings is 1. The number of halogens is 6. The molecule has 1 rings (SSSR count). The predicted molar refractivity (Wildman–Crippen MR) is 68.4 cm³/mol. The van der Waals surface area contributed by atoms with Crippen molar-refractivity contribution in [1.82, 2.24) is 0 Å². The van der Waals surface area contributed by atoms with Crippen molar-refractivity contribution >= 4 is 11.8 Å². The minimum absolute atomic E-state index is 0.0621. The molecule has 0 spiro atoms. The number of carboxylic acid groups (broad SMARTS) is 1. The summed E-state index contributed by atoms with van der Waals surface area (Å²) in [6, 6.07) is 0.950. The van der Waals surface area contributed by atoms with Gasteiger partial charge in [-0.2, -0.15) is 26.3 Å². The van der Waals surface area contributed by atoms with Gasteiger partial charge in [0.25, 0.3) is 5.60 Å². The fourth-order valence-electron chi connectivity index (χ4n) is 2.28. The first kappa shape index (κ1) is 19.1. The van der Waals surface area contributed by atoms with Gasteiger partial charge in [-0.05, 0) is 25.0 Å². The number of hydrogen-bond acceptors (Lipinski definition) is 2. The third-order valence-corrected chi connectivity index (χ3v) is 3.35. The third-order valence-electron chi connectivity index (χ3n) is 3.35. The number of aryl methyl sites for hydroxylation is 2. The van der Waals surface area contributed by atoms with Crippen molar-refractivity contribution in [1.29, 1.82) is 0 Å². The Morgan fingerprint density at radius 1 is 1.00 bits per heavy atom. The highest BCUT2D eigenvalue weighted by atomic mass is 19.4. The summed E-state index contributed by atoms with van der Waals surface area (Å²) in [7, 11) is 1.09. The fourth-order valence-corrected chi connectivity index (χ4v) is 2.28. The summed E-state index contributed by atoms with van der Waals surface area (Å²) in [5.74, 6) is 0. The van der Waals surface area contributed by atoms with Gasteiger partial charge in [0, 0.05) is 12.6 Å². The number of rotatable bonds is 2. The summed E-state index contributed by atoms with van der Waals surface area (Å²) in [4.78, 5) is 11.6. The lowest BCUT2D eigenvalue weighted by molar-refractivity contribution is -0.376. The second-order valence-electron chi connectivity index (χ2n) is 5.01. The van der Waals surface area contributed by atoms with Crippen molar-refractivity contribution in [2.75, 3.05) is 11.9 Å². The molecule has 0 saturated carbocycles. The molecule has 0 heterocycles. The van der Waals surface area contributed by atoms with E-state index in [9.17, 15) is 36.2 Å². The highest BCUT2D eigenvalue weighted by Crippen LogP contribution is 2.50. The Morgan fingerprint density at radius 3 is 1.61 bits per heavy atom. The molecule has 2 N–H and O–H groups in total. The van der Waals surface area contributed by atoms with Gasteiger partial charge >= 0.3 is 18.4 Å². The zero-order chi connectivity index (χ0) is 18.4. The quantitative estimate of drug-likeness (QED) is 0.803. The average Bonchev–Trinajstić information content (AvgIpc) is 2.33. The Balaban J connectivity index is 3.65. The van der Waals surface area contributed by atoms with Crippen molar-refractivity contribution in [2.24, 2.45) is 0 Å². The lowest BCUT2D eigenvalue weighted by Crippen LogP contribution is -2.54. The number of alkyl halides is 6. The van der Waals surface area contributed by atoms with E-state index >= 15 is 0 Å². The van der Waals surface area contributed by atoms with Crippen LogP contribution in [0.15, 0.2) is 12.1 Å². The minimum Gasteiger partial charge on any atom is -0.465 e. The van der Waals surface area contributed by atoms with Gasteiger partial charge in [-0.1, -0.05) is 12.1 Å². The number of aliphatic hydroxyl groups is 1. The maximum atomic E-state index is 12.9. The van der Waals surface area contributed by atoms with Crippen LogP contribution in [0.2, 0.25) is 0 Å². The summed E-state index contributed by atoms with van der Waals surface area (Å²) in [5.41, 5.74) is -6.84. The van der Waals surface area contributed by atoms with E-state index in [2.05, 4.69) is 0 Å². The molecule has 0 aromatic heterocycles. The van der Waals surface area contributed by atoms with Crippen LogP contribution in [-0.4, -0.2) is 35.7 Å². The van der Waals surface area contributed by atoms with Crippen LogP contribution in [0.25, 0.3) is 0 Å². The Kier molecular flexibility index (Phi) is 4.63. The van der Waals surface area contributed by atoms with E-state index in [1.165, 1.54) is 0 Å². The smallest absolute Gasteiger partial charge is 0.430 e. The van der Waals surface area contributed by atoms with Gasteiger partial charge in [-0.3, -0.25) is 4.90 Å². The molecular weight excluding hydrogens is 332 g/mol. The van der Waals surface area contributed by atoms with Crippen molar-refractivity contribution < 1.29 is 41.4 Å². The van der Waals surface area contributed by atoms with Crippen LogP contribution in [-0.2, 0) is 5.60 Å². The van der Waals surface area contributed by atoms with Crippen molar-refractivity contribution in [2.45, 2.75) is 31.8 Å². The maximum Gasteiger partial charge on any atom is 0.430 e. The van der Waals surface area contributed by atoms with Crippen LogP contribution in [0.1, 0.15) is 16.7 Å². The molecule has 0 fully saturated rings. The van der Waals surface area contributed by atoms with Gasteiger partial charge in [-0.15, -0.1) is 0 Å². The van der Waals surface area contributed by atoms with Crippen molar-refractivity contribution in [3.63, 3.8) is 0 Å². The first-order chi connectivity index (χ1) is 10.1. The SMILES string of the molecule is Cc1cc(C(O)(C(F)(F)F)C(F)(F)F)cc(C)c1N(C)C(=O)O. The fraction of sp³-hybridized carbons (Fsp3) is 0.462. The normalized spacial score (nSPS) is 13.1. The maximum absolute atomic E-state index is 12.9. The van der Waals surface area contributed by atoms with Crippen LogP contribution in [0.4, 0.5) is 36.8 Å². The number of hydrogen-bond donors (Lipinski definition) is 2. The summed E-state index contributed by atoms with van der Waals surface area (Å²) in [6.45, 7) is 2.30. The van der Waals surface area contributed by atoms with E-state index in [0.717, 1.165) is 20.9 Å². The number of amides is 1. The highest BCUT2D eigenvalue weighted by Gasteiger charge is 2.71. The van der Waals surface area contributed by atoms with E-state index in [1.54, 1.807) is 0 Å². The first-order valence-corrected chi connectivity index (χ1v) is 6.08. The Hall–Kier alpha value is -1.97. The molecule has 10 heteroatoms. The molecule has 0 atom stereocenters. The molecule has 1 aromatic carbocycles. The van der Waals surface area contributed by atoms with Crippen LogP contribution >= 0.6 is 0 Å². The zero-order valence-corrected chi connectivity index (χ0v) is 12.2. The Morgan fingerprint density at radius 2 is 1.35 bits per heavy atom. The molecule has 23 heavy (non-hydrogen) atoms. The van der Waals surface area contributed by atoms with E-state index in [1.807, 2.05) is 0 Å². The van der Waals surface area contributed by atoms with Crippen LogP contribution < -0.4 is 4.90 Å². The molecule has 0 bridgehead atoms. The molecule has 0 saturated heterocycles. The van der Waals surface area contributed by atoms with Crippen molar-refractivity contribution in [3.8, 4) is 0 Å². The zero-order valence-electron chi connectivity index (χ0n) is 12.2. The number of carbonyl (C=O) groups is 1. The molecule has 0 radical (unpaired) electrons. The van der Waals surface area contributed by atoms with E-state index in [-0.39, 0.29) is 16.8 Å². The molecule has 130 valence electrons. The lowest BCUT2D eigenvalue weighted by atomic mass is 9.89. The van der Waals surface area contributed by atoms with Crippen LogP contribution in [0, 0.1) is 13.8 Å². The summed E-state index contributed by atoms with van der Waals surface area (Å²) in [5, 5.41) is 18.3. The topological polar surface area (TPSA) is 60.8 Å². The minimum atomic E-state index is -6.00. The first-order valence-electron chi connectivity index (χ1n) is 6.08. The predicted octanol–water partition coefficient (Wildman–Crippen LogP) is 3.73.